The van der Waals surface area contributed by atoms with E-state index in [1.54, 1.807) is 18.5 Å². The molecule has 0 saturated heterocycles. The number of carbonyl (C=O) groups is 2. The topological polar surface area (TPSA) is 195 Å². The highest BCUT2D eigenvalue weighted by atomic mass is 35.5. The van der Waals surface area contributed by atoms with Crippen molar-refractivity contribution in [3.63, 3.8) is 0 Å². The molecule has 4 aromatic rings. The molecule has 0 aliphatic heterocycles. The maximum atomic E-state index is 11.4. The molecule has 14 nitrogen and oxygen atoms in total. The number of fused-ring (bicyclic) bond motifs is 1. The lowest BCUT2D eigenvalue weighted by Gasteiger charge is -2.25. The number of nitrogens with zero attached hydrogens (tertiary/aromatic N) is 5. The molecule has 3 aromatic heterocycles. The van der Waals surface area contributed by atoms with Crippen LogP contribution in [0.2, 0.25) is 5.02 Å². The number of nitrogen functional groups attached to an aromatic ring is 1. The second kappa shape index (κ2) is 19.0. The molecule has 1 unspecified atom stereocenters. The number of rotatable bonds is 9. The molecule has 1 aromatic carbocycles. The van der Waals surface area contributed by atoms with Gasteiger partial charge in [-0.25, -0.2) is 19.7 Å². The number of hydrogen-bond donors (Lipinski definition) is 5. The number of aromatic amines is 1. The fourth-order valence-corrected chi connectivity index (χ4v) is 5.13. The summed E-state index contributed by atoms with van der Waals surface area (Å²) in [4.78, 5) is 38.2. The van der Waals surface area contributed by atoms with Gasteiger partial charge in [-0.05, 0) is 98.2 Å². The van der Waals surface area contributed by atoms with E-state index in [0.29, 0.717) is 40.5 Å². The Hall–Kier alpha value is -4.56. The summed E-state index contributed by atoms with van der Waals surface area (Å²) in [5, 5.41) is 18.1. The van der Waals surface area contributed by atoms with Crippen molar-refractivity contribution in [2.24, 2.45) is 0 Å². The molecule has 0 spiro atoms. The number of anilines is 2. The summed E-state index contributed by atoms with van der Waals surface area (Å²) in [5.74, 6) is 0.678. The molecule has 1 saturated carbocycles. The fourth-order valence-electron chi connectivity index (χ4n) is 4.93. The van der Waals surface area contributed by atoms with Crippen molar-refractivity contribution in [1.82, 2.24) is 40.8 Å². The van der Waals surface area contributed by atoms with E-state index in [0.717, 1.165) is 36.8 Å². The molecular formula is C35H51ClN10O4. The number of hydrogen-bond acceptors (Lipinski definition) is 12. The lowest BCUT2D eigenvalue weighted by atomic mass is 9.96. The maximum Gasteiger partial charge on any atom is 0.407 e. The lowest BCUT2D eigenvalue weighted by molar-refractivity contribution is -0.138. The minimum atomic E-state index is -0.390. The highest BCUT2D eigenvalue weighted by Crippen LogP contribution is 2.27. The van der Waals surface area contributed by atoms with Gasteiger partial charge in [0.2, 0.25) is 11.9 Å². The van der Waals surface area contributed by atoms with Gasteiger partial charge in [0.1, 0.15) is 11.2 Å². The van der Waals surface area contributed by atoms with Crippen molar-refractivity contribution in [3.8, 4) is 11.4 Å². The molecule has 1 aliphatic rings. The molecule has 1 amide bonds. The number of nitrogens with two attached hydrogens (primary N) is 1. The zero-order valence-corrected chi connectivity index (χ0v) is 30.8. The Morgan fingerprint density at radius 1 is 1.08 bits per heavy atom. The quantitative estimate of drug-likeness (QED) is 0.117. The van der Waals surface area contributed by atoms with Crippen molar-refractivity contribution in [2.75, 3.05) is 24.6 Å². The Morgan fingerprint density at radius 2 is 1.82 bits per heavy atom. The van der Waals surface area contributed by atoms with E-state index in [2.05, 4.69) is 50.8 Å². The van der Waals surface area contributed by atoms with Crippen molar-refractivity contribution < 1.29 is 19.1 Å². The predicted octanol–water partition coefficient (Wildman–Crippen LogP) is 6.61. The van der Waals surface area contributed by atoms with Gasteiger partial charge in [0.15, 0.2) is 5.65 Å². The monoisotopic (exact) mass is 710 g/mol. The molecule has 272 valence electrons. The highest BCUT2D eigenvalue weighted by molar-refractivity contribution is 6.30. The van der Waals surface area contributed by atoms with Crippen LogP contribution in [0.1, 0.15) is 91.7 Å². The average Bonchev–Trinajstić information content (AvgIpc) is 3.46. The van der Waals surface area contributed by atoms with E-state index in [4.69, 9.17) is 22.1 Å². The van der Waals surface area contributed by atoms with Crippen LogP contribution in [-0.4, -0.2) is 73.5 Å². The number of amides is 1. The molecule has 1 aliphatic carbocycles. The summed E-state index contributed by atoms with van der Waals surface area (Å²) < 4.78 is 9.74. The van der Waals surface area contributed by atoms with E-state index in [-0.39, 0.29) is 23.7 Å². The number of alkyl carbamates (subject to hydrolysis) is 1. The Kier molecular flexibility index (Phi) is 15.2. The normalized spacial score (nSPS) is 13.9. The van der Waals surface area contributed by atoms with Crippen LogP contribution in [0.25, 0.3) is 22.4 Å². The second-order valence-electron chi connectivity index (χ2n) is 13.8. The third-order valence-electron chi connectivity index (χ3n) is 7.21. The molecule has 5 rings (SSSR count). The highest BCUT2D eigenvalue weighted by Gasteiger charge is 2.21. The zero-order valence-electron chi connectivity index (χ0n) is 30.0. The minimum absolute atomic E-state index is 0.00181. The largest absolute Gasteiger partial charge is 0.462 e. The molecular weight excluding hydrogens is 660 g/mol. The smallest absolute Gasteiger partial charge is 0.407 e. The Morgan fingerprint density at radius 3 is 2.44 bits per heavy atom. The first-order valence-corrected chi connectivity index (χ1v) is 17.1. The summed E-state index contributed by atoms with van der Waals surface area (Å²) in [7, 11) is 1.92. The van der Waals surface area contributed by atoms with E-state index in [1.165, 1.54) is 19.3 Å². The summed E-state index contributed by atoms with van der Waals surface area (Å²) >= 11 is 6.18. The van der Waals surface area contributed by atoms with Crippen LogP contribution in [0.5, 0.6) is 0 Å². The zero-order chi connectivity index (χ0) is 36.7. The number of halogens is 1. The van der Waals surface area contributed by atoms with E-state index in [1.807, 2.05) is 72.9 Å². The number of ether oxygens (including phenoxy) is 2. The second-order valence-corrected chi connectivity index (χ2v) is 14.2. The standard InChI is InChI=1S/C19H20ClN9.C11H21NO2.C5H10O2/c1-22-7-5-14(11-3-2-4-12(20)9-11)25-19-23-8-6-15(26-19)16-13-10-24-18(21)27-17(13)29-28-16;1-11(2,3)14-10(13)12-9-7-5-4-6-8-9;1-5(2,3)7-4-6/h2-4,6,8-10,14,22H,5,7H2,1H3,(H,23,25,26)(H3,21,24,27,28,29);9H,4-8H2,1-3H3,(H,12,13);4H,1-3H3. The van der Waals surface area contributed by atoms with E-state index in [9.17, 15) is 9.59 Å². The third kappa shape index (κ3) is 14.1. The van der Waals surface area contributed by atoms with Crippen LogP contribution in [-0.2, 0) is 14.3 Å². The number of aromatic nitrogens is 6. The van der Waals surface area contributed by atoms with Gasteiger partial charge in [-0.3, -0.25) is 9.89 Å². The first kappa shape index (κ1) is 39.9. The minimum Gasteiger partial charge on any atom is -0.462 e. The van der Waals surface area contributed by atoms with Crippen molar-refractivity contribution in [2.45, 2.75) is 103 Å². The van der Waals surface area contributed by atoms with Gasteiger partial charge in [-0.1, -0.05) is 43.0 Å². The van der Waals surface area contributed by atoms with Gasteiger partial charge in [0, 0.05) is 23.5 Å². The maximum absolute atomic E-state index is 11.4. The number of carbonyl (C=O) groups excluding carboxylic acids is 2. The first-order valence-electron chi connectivity index (χ1n) is 16.7. The fraction of sp³-hybridized carbons (Fsp3) is 0.514. The van der Waals surface area contributed by atoms with Crippen LogP contribution in [0, 0.1) is 0 Å². The van der Waals surface area contributed by atoms with Gasteiger partial charge in [-0.2, -0.15) is 10.1 Å². The molecule has 6 N–H and O–H groups in total. The van der Waals surface area contributed by atoms with E-state index < -0.39 is 5.60 Å². The average molecular weight is 711 g/mol. The summed E-state index contributed by atoms with van der Waals surface area (Å²) in [6, 6.07) is 9.91. The Balaban J connectivity index is 0.000000267. The van der Waals surface area contributed by atoms with Crippen LogP contribution in [0.15, 0.2) is 42.7 Å². The van der Waals surface area contributed by atoms with E-state index >= 15 is 0 Å². The van der Waals surface area contributed by atoms with Gasteiger partial charge < -0.3 is 31.2 Å². The number of nitrogens with one attached hydrogen (secondary N) is 4. The molecule has 0 bridgehead atoms. The molecule has 15 heteroatoms. The van der Waals surface area contributed by atoms with Gasteiger partial charge in [0.25, 0.3) is 6.47 Å². The molecule has 0 radical (unpaired) electrons. The van der Waals surface area contributed by atoms with Crippen molar-refractivity contribution in [3.05, 3.63) is 53.3 Å². The molecule has 1 fully saturated rings. The van der Waals surface area contributed by atoms with Gasteiger partial charge >= 0.3 is 6.09 Å². The SMILES string of the molecule is CC(C)(C)OC(=O)NC1CCCCC1.CC(C)(C)OC=O.CNCCC(Nc1nccc(-c2[nH]nc3nc(N)ncc23)n1)c1cccc(Cl)c1. The predicted molar refractivity (Wildman–Crippen MR) is 197 cm³/mol. The van der Waals surface area contributed by atoms with Crippen molar-refractivity contribution >= 4 is 47.1 Å². The number of H-pyrrole nitrogens is 1. The van der Waals surface area contributed by atoms with Crippen LogP contribution in [0.3, 0.4) is 0 Å². The Labute approximate surface area is 299 Å². The third-order valence-corrected chi connectivity index (χ3v) is 7.44. The van der Waals surface area contributed by atoms with Crippen LogP contribution < -0.4 is 21.7 Å². The van der Waals surface area contributed by atoms with Gasteiger partial charge in [0.05, 0.1) is 22.8 Å². The summed E-state index contributed by atoms with van der Waals surface area (Å²) in [5.41, 5.74) is 7.87. The summed E-state index contributed by atoms with van der Waals surface area (Å²) in [6.07, 6.45) is 9.83. The van der Waals surface area contributed by atoms with Crippen molar-refractivity contribution in [1.29, 1.82) is 0 Å². The molecule has 3 heterocycles. The Bertz CT molecular complexity index is 1650. The summed E-state index contributed by atoms with van der Waals surface area (Å²) in [6.45, 7) is 12.4. The van der Waals surface area contributed by atoms with Gasteiger partial charge in [-0.15, -0.1) is 0 Å². The van der Waals surface area contributed by atoms with Crippen LogP contribution >= 0.6 is 11.6 Å². The lowest BCUT2D eigenvalue weighted by Crippen LogP contribution is -2.39. The first-order chi connectivity index (χ1) is 23.7. The number of benzene rings is 1. The van der Waals surface area contributed by atoms with Crippen LogP contribution in [0.4, 0.5) is 16.7 Å². The molecule has 50 heavy (non-hydrogen) atoms. The molecule has 1 atom stereocenters.